The fourth-order valence-electron chi connectivity index (χ4n) is 1.39. The van der Waals surface area contributed by atoms with Crippen molar-refractivity contribution >= 4 is 5.84 Å². The molecule has 1 aliphatic heterocycles. The molecule has 2 rings (SSSR count). The van der Waals surface area contributed by atoms with Crippen molar-refractivity contribution in [2.75, 3.05) is 6.54 Å². The Hall–Kier alpha value is -1.83. The van der Waals surface area contributed by atoms with Crippen LogP contribution in [0.2, 0.25) is 0 Å². The molecular formula is C13H13N2. The number of allylic oxidation sites excluding steroid dienone is 2. The molecule has 0 saturated heterocycles. The Morgan fingerprint density at radius 2 is 1.93 bits per heavy atom. The van der Waals surface area contributed by atoms with Gasteiger partial charge in [0, 0.05) is 12.7 Å². The van der Waals surface area contributed by atoms with Crippen molar-refractivity contribution in [1.82, 2.24) is 5.32 Å². The largest absolute Gasteiger partial charge is 0.266 e. The third-order valence-corrected chi connectivity index (χ3v) is 2.17. The smallest absolute Gasteiger partial charge is 0.147 e. The first-order valence-electron chi connectivity index (χ1n) is 5.07. The lowest BCUT2D eigenvalue weighted by molar-refractivity contribution is 0.957. The predicted molar refractivity (Wildman–Crippen MR) is 62.9 cm³/mol. The van der Waals surface area contributed by atoms with Crippen LogP contribution in [-0.4, -0.2) is 12.4 Å². The minimum absolute atomic E-state index is 0.793. The van der Waals surface area contributed by atoms with E-state index in [1.54, 1.807) is 6.20 Å². The lowest BCUT2D eigenvalue weighted by atomic mass is 10.1. The Labute approximate surface area is 90.0 Å². The van der Waals surface area contributed by atoms with Crippen molar-refractivity contribution in [2.24, 2.45) is 4.99 Å². The van der Waals surface area contributed by atoms with Crippen LogP contribution < -0.4 is 5.32 Å². The summed E-state index contributed by atoms with van der Waals surface area (Å²) in [4.78, 5) is 4.39. The van der Waals surface area contributed by atoms with Gasteiger partial charge in [0.15, 0.2) is 0 Å². The Balaban J connectivity index is 1.84. The third kappa shape index (κ3) is 3.09. The van der Waals surface area contributed by atoms with E-state index in [0.717, 1.165) is 18.8 Å². The molecule has 2 nitrogen and oxygen atoms in total. The van der Waals surface area contributed by atoms with Crippen LogP contribution in [0.25, 0.3) is 0 Å². The summed E-state index contributed by atoms with van der Waals surface area (Å²) in [6, 6.07) is 10.4. The van der Waals surface area contributed by atoms with Gasteiger partial charge in [0.05, 0.1) is 0 Å². The number of aliphatic imine (C=N–C) groups is 1. The highest BCUT2D eigenvalue weighted by atomic mass is 15.0. The normalized spacial score (nSPS) is 16.7. The minimum Gasteiger partial charge on any atom is -0.266 e. The topological polar surface area (TPSA) is 26.5 Å². The van der Waals surface area contributed by atoms with Crippen molar-refractivity contribution in [1.29, 1.82) is 0 Å². The van der Waals surface area contributed by atoms with E-state index in [1.165, 1.54) is 5.56 Å². The quantitative estimate of drug-likeness (QED) is 0.711. The Bertz CT molecular complexity index is 388. The molecule has 0 atom stereocenters. The Morgan fingerprint density at radius 1 is 1.07 bits per heavy atom. The predicted octanol–water partition coefficient (Wildman–Crippen LogP) is 2.32. The number of hydrogen-bond donors (Lipinski definition) is 0. The van der Waals surface area contributed by atoms with Gasteiger partial charge in [-0.1, -0.05) is 36.4 Å². The van der Waals surface area contributed by atoms with Gasteiger partial charge in [-0.25, -0.2) is 5.32 Å². The molecular weight excluding hydrogens is 184 g/mol. The second kappa shape index (κ2) is 5.15. The molecule has 0 aliphatic carbocycles. The van der Waals surface area contributed by atoms with Gasteiger partial charge >= 0.3 is 0 Å². The second-order valence-corrected chi connectivity index (χ2v) is 3.31. The van der Waals surface area contributed by atoms with E-state index < -0.39 is 0 Å². The van der Waals surface area contributed by atoms with Gasteiger partial charge in [0.2, 0.25) is 0 Å². The van der Waals surface area contributed by atoms with Crippen LogP contribution in [0.5, 0.6) is 0 Å². The Kier molecular flexibility index (Phi) is 3.34. The standard InChI is InChI=1S/C13H13N2/c1-2-6-12(7-3-1)9-11-15-13-8-4-5-10-14-13/h1-8,10H,9,11H2/b15-13+. The lowest BCUT2D eigenvalue weighted by Crippen LogP contribution is -2.10. The van der Waals surface area contributed by atoms with Crippen molar-refractivity contribution in [3.8, 4) is 0 Å². The molecule has 0 fully saturated rings. The molecule has 75 valence electrons. The zero-order chi connectivity index (χ0) is 10.3. The maximum atomic E-state index is 4.39. The van der Waals surface area contributed by atoms with Gasteiger partial charge < -0.3 is 0 Å². The van der Waals surface area contributed by atoms with Gasteiger partial charge in [-0.15, -0.1) is 0 Å². The lowest BCUT2D eigenvalue weighted by Gasteiger charge is -2.01. The van der Waals surface area contributed by atoms with E-state index in [4.69, 9.17) is 0 Å². The number of amidine groups is 1. The highest BCUT2D eigenvalue weighted by Gasteiger charge is 1.95. The SMILES string of the molecule is C1=C[N]/C(=N/CCc2ccccc2)C=C1. The highest BCUT2D eigenvalue weighted by molar-refractivity contribution is 5.94. The van der Waals surface area contributed by atoms with Crippen LogP contribution in [0.4, 0.5) is 0 Å². The zero-order valence-electron chi connectivity index (χ0n) is 8.50. The summed E-state index contributed by atoms with van der Waals surface area (Å²) in [5, 5.41) is 4.14. The van der Waals surface area contributed by atoms with E-state index in [1.807, 2.05) is 24.3 Å². The molecule has 1 heterocycles. The van der Waals surface area contributed by atoms with Crippen LogP contribution in [-0.2, 0) is 6.42 Å². The summed E-state index contributed by atoms with van der Waals surface area (Å²) in [6.07, 6.45) is 8.51. The molecule has 0 aromatic heterocycles. The van der Waals surface area contributed by atoms with Gasteiger partial charge in [-0.3, -0.25) is 4.99 Å². The molecule has 1 aliphatic rings. The van der Waals surface area contributed by atoms with Gasteiger partial charge in [0.25, 0.3) is 0 Å². The molecule has 15 heavy (non-hydrogen) atoms. The van der Waals surface area contributed by atoms with Crippen molar-refractivity contribution in [2.45, 2.75) is 6.42 Å². The van der Waals surface area contributed by atoms with Crippen LogP contribution in [0.3, 0.4) is 0 Å². The molecule has 0 saturated carbocycles. The van der Waals surface area contributed by atoms with E-state index >= 15 is 0 Å². The van der Waals surface area contributed by atoms with Crippen molar-refractivity contribution < 1.29 is 0 Å². The fraction of sp³-hybridized carbons (Fsp3) is 0.154. The first-order chi connectivity index (χ1) is 7.45. The summed E-state index contributed by atoms with van der Waals surface area (Å²) >= 11 is 0. The van der Waals surface area contributed by atoms with E-state index in [9.17, 15) is 0 Å². The number of hydrogen-bond acceptors (Lipinski definition) is 1. The zero-order valence-corrected chi connectivity index (χ0v) is 8.50. The molecule has 1 aromatic rings. The summed E-state index contributed by atoms with van der Waals surface area (Å²) in [7, 11) is 0. The first-order valence-corrected chi connectivity index (χ1v) is 5.07. The molecule has 0 amide bonds. The molecule has 1 radical (unpaired) electrons. The van der Waals surface area contributed by atoms with Gasteiger partial charge in [0.1, 0.15) is 5.84 Å². The van der Waals surface area contributed by atoms with Crippen LogP contribution in [0.1, 0.15) is 5.56 Å². The average molecular weight is 197 g/mol. The average Bonchev–Trinajstić information content (AvgIpc) is 2.32. The van der Waals surface area contributed by atoms with Gasteiger partial charge in [-0.2, -0.15) is 0 Å². The van der Waals surface area contributed by atoms with Crippen LogP contribution in [0.15, 0.2) is 59.8 Å². The van der Waals surface area contributed by atoms with Crippen LogP contribution in [0, 0.1) is 0 Å². The maximum Gasteiger partial charge on any atom is 0.147 e. The molecule has 0 N–H and O–H groups in total. The molecule has 1 aromatic carbocycles. The Morgan fingerprint density at radius 3 is 2.67 bits per heavy atom. The van der Waals surface area contributed by atoms with E-state index in [-0.39, 0.29) is 0 Å². The summed E-state index contributed by atoms with van der Waals surface area (Å²) in [5.41, 5.74) is 1.32. The van der Waals surface area contributed by atoms with Crippen molar-refractivity contribution in [3.63, 3.8) is 0 Å². The molecule has 0 bridgehead atoms. The highest BCUT2D eigenvalue weighted by Crippen LogP contribution is 2.00. The van der Waals surface area contributed by atoms with Crippen LogP contribution >= 0.6 is 0 Å². The number of nitrogens with zero attached hydrogens (tertiary/aromatic N) is 2. The van der Waals surface area contributed by atoms with E-state index in [0.29, 0.717) is 0 Å². The summed E-state index contributed by atoms with van der Waals surface area (Å²) in [6.45, 7) is 0.793. The molecule has 2 heteroatoms. The van der Waals surface area contributed by atoms with E-state index in [2.05, 4.69) is 34.6 Å². The monoisotopic (exact) mass is 197 g/mol. The summed E-state index contributed by atoms with van der Waals surface area (Å²) in [5.74, 6) is 0.813. The molecule has 0 spiro atoms. The number of rotatable bonds is 3. The van der Waals surface area contributed by atoms with Gasteiger partial charge in [-0.05, 0) is 24.1 Å². The summed E-state index contributed by atoms with van der Waals surface area (Å²) < 4.78 is 0. The second-order valence-electron chi connectivity index (χ2n) is 3.31. The number of benzene rings is 1. The van der Waals surface area contributed by atoms with Crippen molar-refractivity contribution in [3.05, 3.63) is 60.3 Å². The molecule has 0 unspecified atom stereocenters. The third-order valence-electron chi connectivity index (χ3n) is 2.17. The maximum absolute atomic E-state index is 4.39. The minimum atomic E-state index is 0.793. The first kappa shape index (κ1) is 9.71. The fourth-order valence-corrected chi connectivity index (χ4v) is 1.39.